The van der Waals surface area contributed by atoms with E-state index in [1.54, 1.807) is 0 Å². The van der Waals surface area contributed by atoms with Gasteiger partial charge in [0.05, 0.1) is 0 Å². The normalized spacial score (nSPS) is 23.2. The molecular formula is C12H23ClN2O. The van der Waals surface area contributed by atoms with Gasteiger partial charge in [0.1, 0.15) is 0 Å². The Morgan fingerprint density at radius 2 is 1.88 bits per heavy atom. The van der Waals surface area contributed by atoms with Gasteiger partial charge >= 0.3 is 0 Å². The van der Waals surface area contributed by atoms with Gasteiger partial charge < -0.3 is 10.6 Å². The van der Waals surface area contributed by atoms with Crippen molar-refractivity contribution < 1.29 is 4.79 Å². The van der Waals surface area contributed by atoms with Crippen molar-refractivity contribution in [2.24, 2.45) is 17.6 Å². The summed E-state index contributed by atoms with van der Waals surface area (Å²) >= 11 is 0. The van der Waals surface area contributed by atoms with Crippen LogP contribution in [-0.4, -0.2) is 29.4 Å². The number of hydrogen-bond acceptors (Lipinski definition) is 2. The standard InChI is InChI=1S/C12H22N2O.ClH/c1-8(7-13)12(15)14(11-5-6-11)9(2)10-3-4-10;/h8-11H,3-7,13H2,1-2H3;1H. The van der Waals surface area contributed by atoms with Gasteiger partial charge in [-0.2, -0.15) is 0 Å². The van der Waals surface area contributed by atoms with E-state index in [0.29, 0.717) is 18.6 Å². The second-order valence-corrected chi connectivity index (χ2v) is 5.19. The lowest BCUT2D eigenvalue weighted by molar-refractivity contribution is -0.137. The molecule has 0 bridgehead atoms. The zero-order valence-corrected chi connectivity index (χ0v) is 11.0. The van der Waals surface area contributed by atoms with Crippen molar-refractivity contribution in [3.05, 3.63) is 0 Å². The van der Waals surface area contributed by atoms with Crippen LogP contribution in [0.1, 0.15) is 39.5 Å². The first-order chi connectivity index (χ1) is 7.15. The van der Waals surface area contributed by atoms with Crippen LogP contribution in [0.15, 0.2) is 0 Å². The molecular weight excluding hydrogens is 224 g/mol. The fourth-order valence-electron chi connectivity index (χ4n) is 2.23. The minimum atomic E-state index is -0.00759. The van der Waals surface area contributed by atoms with Gasteiger partial charge in [0.15, 0.2) is 0 Å². The third-order valence-electron chi connectivity index (χ3n) is 3.71. The quantitative estimate of drug-likeness (QED) is 0.804. The fourth-order valence-corrected chi connectivity index (χ4v) is 2.23. The molecule has 2 aliphatic rings. The molecule has 16 heavy (non-hydrogen) atoms. The molecule has 2 rings (SSSR count). The van der Waals surface area contributed by atoms with Crippen LogP contribution in [-0.2, 0) is 4.79 Å². The second kappa shape index (κ2) is 5.37. The van der Waals surface area contributed by atoms with E-state index >= 15 is 0 Å². The molecule has 0 heterocycles. The van der Waals surface area contributed by atoms with Crippen LogP contribution in [0.4, 0.5) is 0 Å². The Balaban J connectivity index is 0.00000128. The minimum Gasteiger partial charge on any atom is -0.336 e. The molecule has 2 unspecified atom stereocenters. The number of carbonyl (C=O) groups excluding carboxylic acids is 1. The Bertz CT molecular complexity index is 251. The highest BCUT2D eigenvalue weighted by Gasteiger charge is 2.42. The van der Waals surface area contributed by atoms with Crippen molar-refractivity contribution in [1.29, 1.82) is 0 Å². The van der Waals surface area contributed by atoms with Crippen molar-refractivity contribution >= 4 is 18.3 Å². The van der Waals surface area contributed by atoms with Crippen LogP contribution >= 0.6 is 12.4 Å². The predicted molar refractivity (Wildman–Crippen MR) is 67.5 cm³/mol. The zero-order chi connectivity index (χ0) is 11.0. The Hall–Kier alpha value is -0.280. The average Bonchev–Trinajstić information content (AvgIpc) is 3.04. The van der Waals surface area contributed by atoms with Crippen LogP contribution in [0.25, 0.3) is 0 Å². The van der Waals surface area contributed by atoms with Gasteiger partial charge in [0.2, 0.25) is 5.91 Å². The van der Waals surface area contributed by atoms with Crippen molar-refractivity contribution in [3.8, 4) is 0 Å². The zero-order valence-electron chi connectivity index (χ0n) is 10.2. The summed E-state index contributed by atoms with van der Waals surface area (Å²) < 4.78 is 0. The van der Waals surface area contributed by atoms with Gasteiger partial charge in [-0.15, -0.1) is 12.4 Å². The molecule has 0 aromatic carbocycles. The first-order valence-electron chi connectivity index (χ1n) is 6.17. The number of hydrogen-bond donors (Lipinski definition) is 1. The SMILES string of the molecule is CC(CN)C(=O)N(C1CC1)C(C)C1CC1.Cl. The molecule has 3 nitrogen and oxygen atoms in total. The van der Waals surface area contributed by atoms with Crippen LogP contribution in [0.3, 0.4) is 0 Å². The largest absolute Gasteiger partial charge is 0.336 e. The molecule has 0 aliphatic heterocycles. The van der Waals surface area contributed by atoms with Crippen LogP contribution in [0, 0.1) is 11.8 Å². The van der Waals surface area contributed by atoms with Crippen LogP contribution in [0.5, 0.6) is 0 Å². The maximum absolute atomic E-state index is 12.2. The Labute approximate surface area is 104 Å². The van der Waals surface area contributed by atoms with E-state index in [2.05, 4.69) is 11.8 Å². The van der Waals surface area contributed by atoms with Crippen LogP contribution in [0.2, 0.25) is 0 Å². The van der Waals surface area contributed by atoms with Crippen LogP contribution < -0.4 is 5.73 Å². The summed E-state index contributed by atoms with van der Waals surface area (Å²) in [6.45, 7) is 4.62. The van der Waals surface area contributed by atoms with E-state index < -0.39 is 0 Å². The topological polar surface area (TPSA) is 46.3 Å². The van der Waals surface area contributed by atoms with E-state index in [1.807, 2.05) is 6.92 Å². The lowest BCUT2D eigenvalue weighted by atomic mass is 10.1. The first-order valence-corrected chi connectivity index (χ1v) is 6.17. The number of rotatable bonds is 5. The summed E-state index contributed by atoms with van der Waals surface area (Å²) in [5.41, 5.74) is 5.58. The highest BCUT2D eigenvalue weighted by molar-refractivity contribution is 5.85. The van der Waals surface area contributed by atoms with Crippen molar-refractivity contribution in [2.45, 2.75) is 51.6 Å². The highest BCUT2D eigenvalue weighted by atomic mass is 35.5. The molecule has 94 valence electrons. The second-order valence-electron chi connectivity index (χ2n) is 5.19. The number of nitrogens with zero attached hydrogens (tertiary/aromatic N) is 1. The summed E-state index contributed by atoms with van der Waals surface area (Å²) in [6.07, 6.45) is 4.99. The number of halogens is 1. The molecule has 0 saturated heterocycles. The molecule has 2 aliphatic carbocycles. The van der Waals surface area contributed by atoms with E-state index in [0.717, 1.165) is 5.92 Å². The molecule has 2 N–H and O–H groups in total. The smallest absolute Gasteiger partial charge is 0.227 e. The maximum Gasteiger partial charge on any atom is 0.227 e. The molecule has 2 saturated carbocycles. The van der Waals surface area contributed by atoms with Crippen molar-refractivity contribution in [3.63, 3.8) is 0 Å². The van der Waals surface area contributed by atoms with Gasteiger partial charge in [-0.25, -0.2) is 0 Å². The Morgan fingerprint density at radius 3 is 2.25 bits per heavy atom. The summed E-state index contributed by atoms with van der Waals surface area (Å²) in [7, 11) is 0. The summed E-state index contributed by atoms with van der Waals surface area (Å²) in [4.78, 5) is 14.3. The number of amides is 1. The van der Waals surface area contributed by atoms with E-state index in [-0.39, 0.29) is 24.2 Å². The Kier molecular flexibility index (Phi) is 4.62. The summed E-state index contributed by atoms with van der Waals surface area (Å²) in [5, 5.41) is 0. The Morgan fingerprint density at radius 1 is 1.31 bits per heavy atom. The molecule has 0 spiro atoms. The molecule has 2 atom stereocenters. The lowest BCUT2D eigenvalue weighted by Gasteiger charge is -2.31. The molecule has 0 aromatic rings. The number of carbonyl (C=O) groups is 1. The lowest BCUT2D eigenvalue weighted by Crippen LogP contribution is -2.45. The van der Waals surface area contributed by atoms with Gasteiger partial charge in [-0.3, -0.25) is 4.79 Å². The molecule has 0 aromatic heterocycles. The summed E-state index contributed by atoms with van der Waals surface area (Å²) in [5.74, 6) is 1.03. The van der Waals surface area contributed by atoms with E-state index in [1.165, 1.54) is 25.7 Å². The van der Waals surface area contributed by atoms with Gasteiger partial charge in [0.25, 0.3) is 0 Å². The van der Waals surface area contributed by atoms with E-state index in [9.17, 15) is 4.79 Å². The van der Waals surface area contributed by atoms with E-state index in [4.69, 9.17) is 5.73 Å². The molecule has 2 fully saturated rings. The fraction of sp³-hybridized carbons (Fsp3) is 0.917. The third kappa shape index (κ3) is 2.89. The van der Waals surface area contributed by atoms with Gasteiger partial charge in [0, 0.05) is 24.5 Å². The molecule has 0 radical (unpaired) electrons. The van der Waals surface area contributed by atoms with Gasteiger partial charge in [-0.05, 0) is 38.5 Å². The maximum atomic E-state index is 12.2. The number of nitrogens with two attached hydrogens (primary N) is 1. The highest BCUT2D eigenvalue weighted by Crippen LogP contribution is 2.40. The summed E-state index contributed by atoms with van der Waals surface area (Å²) in [6, 6.07) is 0.973. The molecule has 4 heteroatoms. The first kappa shape index (κ1) is 13.8. The monoisotopic (exact) mass is 246 g/mol. The van der Waals surface area contributed by atoms with Gasteiger partial charge in [-0.1, -0.05) is 6.92 Å². The third-order valence-corrected chi connectivity index (χ3v) is 3.71. The molecule has 1 amide bonds. The average molecular weight is 247 g/mol. The minimum absolute atomic E-state index is 0. The van der Waals surface area contributed by atoms with Crippen molar-refractivity contribution in [2.75, 3.05) is 6.54 Å². The predicted octanol–water partition coefficient (Wildman–Crippen LogP) is 1.79. The van der Waals surface area contributed by atoms with Crippen molar-refractivity contribution in [1.82, 2.24) is 4.90 Å².